The fourth-order valence-corrected chi connectivity index (χ4v) is 7.21. The van der Waals surface area contributed by atoms with Crippen molar-refractivity contribution in [2.45, 2.75) is 0 Å². The monoisotopic (exact) mass is 613 g/mol. The molecule has 0 fully saturated rings. The highest BCUT2D eigenvalue weighted by Crippen LogP contribution is 2.36. The predicted octanol–water partition coefficient (Wildman–Crippen LogP) is 11.6. The highest BCUT2D eigenvalue weighted by atomic mass is 16.3. The average molecular weight is 614 g/mol. The summed E-state index contributed by atoms with van der Waals surface area (Å²) in [5.74, 6) is 0.668. The molecule has 10 aromatic rings. The molecule has 0 unspecified atom stereocenters. The highest BCUT2D eigenvalue weighted by Gasteiger charge is 2.15. The zero-order valence-corrected chi connectivity index (χ0v) is 25.8. The van der Waals surface area contributed by atoms with E-state index < -0.39 is 0 Å². The predicted molar refractivity (Wildman–Crippen MR) is 197 cm³/mol. The normalized spacial score (nSPS) is 11.8. The highest BCUT2D eigenvalue weighted by molar-refractivity contribution is 6.09. The molecule has 3 aromatic heterocycles. The minimum atomic E-state index is 0.668. The zero-order chi connectivity index (χ0) is 31.6. The van der Waals surface area contributed by atoms with Gasteiger partial charge in [0.1, 0.15) is 11.1 Å². The molecule has 10 rings (SSSR count). The van der Waals surface area contributed by atoms with Gasteiger partial charge in [0.2, 0.25) is 0 Å². The minimum absolute atomic E-state index is 0.668. The van der Waals surface area contributed by atoms with Crippen molar-refractivity contribution in [2.75, 3.05) is 0 Å². The van der Waals surface area contributed by atoms with E-state index in [0.717, 1.165) is 44.4 Å². The summed E-state index contributed by atoms with van der Waals surface area (Å²) in [7, 11) is 0. The smallest absolute Gasteiger partial charge is 0.172 e. The molecule has 224 valence electrons. The van der Waals surface area contributed by atoms with E-state index in [-0.39, 0.29) is 0 Å². The Hall–Kier alpha value is -6.52. The Bertz CT molecular complexity index is 2800. The van der Waals surface area contributed by atoms with Crippen LogP contribution in [-0.4, -0.2) is 14.5 Å². The summed E-state index contributed by atoms with van der Waals surface area (Å²) in [5, 5.41) is 5.93. The van der Waals surface area contributed by atoms with Crippen molar-refractivity contribution in [2.24, 2.45) is 0 Å². The summed E-state index contributed by atoms with van der Waals surface area (Å²) in [6.07, 6.45) is 1.80. The standard InChI is InChI=1S/C44H27N3O/c1-2-16-34-28(10-1)11-9-19-35(34)31-22-23-41-38(26-31)43-42(48-41)27-45-44(46-43)32-14-7-12-29(24-32)30-13-8-15-33(25-30)47-39-20-5-3-17-36(39)37-18-4-6-21-40(37)47/h1-27H. The molecule has 4 nitrogen and oxygen atoms in total. The van der Waals surface area contributed by atoms with Crippen LogP contribution in [0.25, 0.3) is 94.0 Å². The number of furan rings is 1. The molecule has 0 saturated carbocycles. The number of fused-ring (bicyclic) bond motifs is 7. The minimum Gasteiger partial charge on any atom is -0.453 e. The number of para-hydroxylation sites is 2. The van der Waals surface area contributed by atoms with Gasteiger partial charge >= 0.3 is 0 Å². The number of benzene rings is 7. The van der Waals surface area contributed by atoms with E-state index in [1.54, 1.807) is 6.20 Å². The molecular formula is C44H27N3O. The number of hydrogen-bond acceptors (Lipinski definition) is 3. The van der Waals surface area contributed by atoms with Gasteiger partial charge < -0.3 is 8.98 Å². The molecule has 0 amide bonds. The van der Waals surface area contributed by atoms with Crippen molar-refractivity contribution in [1.82, 2.24) is 14.5 Å². The lowest BCUT2D eigenvalue weighted by atomic mass is 9.97. The van der Waals surface area contributed by atoms with Gasteiger partial charge in [0, 0.05) is 27.4 Å². The second-order valence-electron chi connectivity index (χ2n) is 12.2. The van der Waals surface area contributed by atoms with E-state index in [2.05, 4.69) is 156 Å². The van der Waals surface area contributed by atoms with E-state index in [9.17, 15) is 0 Å². The van der Waals surface area contributed by atoms with Crippen LogP contribution in [-0.2, 0) is 0 Å². The molecule has 0 N–H and O–H groups in total. The van der Waals surface area contributed by atoms with Crippen LogP contribution in [0.15, 0.2) is 168 Å². The van der Waals surface area contributed by atoms with Crippen LogP contribution in [0.4, 0.5) is 0 Å². The third-order valence-corrected chi connectivity index (χ3v) is 9.45. The van der Waals surface area contributed by atoms with Crippen LogP contribution in [0.5, 0.6) is 0 Å². The molecule has 0 bridgehead atoms. The second kappa shape index (κ2) is 10.5. The maximum Gasteiger partial charge on any atom is 0.172 e. The zero-order valence-electron chi connectivity index (χ0n) is 25.8. The Morgan fingerprint density at radius 3 is 1.96 bits per heavy atom. The molecule has 0 atom stereocenters. The van der Waals surface area contributed by atoms with Crippen LogP contribution < -0.4 is 0 Å². The molecule has 0 aliphatic heterocycles. The first-order chi connectivity index (χ1) is 23.8. The molecule has 0 radical (unpaired) electrons. The van der Waals surface area contributed by atoms with E-state index in [0.29, 0.717) is 11.4 Å². The van der Waals surface area contributed by atoms with Crippen LogP contribution in [0.2, 0.25) is 0 Å². The quantitative estimate of drug-likeness (QED) is 0.198. The fourth-order valence-electron chi connectivity index (χ4n) is 7.21. The van der Waals surface area contributed by atoms with Crippen LogP contribution in [0, 0.1) is 0 Å². The number of hydrogen-bond donors (Lipinski definition) is 0. The molecule has 48 heavy (non-hydrogen) atoms. The first-order valence-corrected chi connectivity index (χ1v) is 16.2. The van der Waals surface area contributed by atoms with Gasteiger partial charge in [0.15, 0.2) is 11.4 Å². The summed E-state index contributed by atoms with van der Waals surface area (Å²) in [5.41, 5.74) is 11.3. The van der Waals surface area contributed by atoms with Crippen LogP contribution in [0.1, 0.15) is 0 Å². The summed E-state index contributed by atoms with van der Waals surface area (Å²) in [6, 6.07) is 55.7. The van der Waals surface area contributed by atoms with Gasteiger partial charge in [-0.3, -0.25) is 0 Å². The Labute approximate surface area is 276 Å². The van der Waals surface area contributed by atoms with Gasteiger partial charge in [-0.1, -0.05) is 115 Å². The molecule has 0 aliphatic rings. The molecule has 0 spiro atoms. The molecule has 0 aliphatic carbocycles. The largest absolute Gasteiger partial charge is 0.453 e. The van der Waals surface area contributed by atoms with Gasteiger partial charge in [-0.05, 0) is 75.5 Å². The van der Waals surface area contributed by atoms with Crippen molar-refractivity contribution in [3.8, 4) is 39.3 Å². The van der Waals surface area contributed by atoms with Crippen molar-refractivity contribution in [1.29, 1.82) is 0 Å². The van der Waals surface area contributed by atoms with Gasteiger partial charge in [0.25, 0.3) is 0 Å². The van der Waals surface area contributed by atoms with E-state index in [1.165, 1.54) is 38.1 Å². The SMILES string of the molecule is c1cc(-c2cccc(-n3c4ccccc4c4ccccc43)c2)cc(-c2ncc3oc4ccc(-c5cccc6ccccc56)cc4c3n2)c1. The summed E-state index contributed by atoms with van der Waals surface area (Å²) < 4.78 is 8.55. The molecule has 7 aromatic carbocycles. The summed E-state index contributed by atoms with van der Waals surface area (Å²) in [6.45, 7) is 0. The van der Waals surface area contributed by atoms with Crippen LogP contribution >= 0.6 is 0 Å². The van der Waals surface area contributed by atoms with Gasteiger partial charge in [-0.2, -0.15) is 0 Å². The lowest BCUT2D eigenvalue weighted by Crippen LogP contribution is -1.94. The Balaban J connectivity index is 1.06. The molecule has 0 saturated heterocycles. The first kappa shape index (κ1) is 26.7. The van der Waals surface area contributed by atoms with Gasteiger partial charge in [0.05, 0.1) is 17.2 Å². The van der Waals surface area contributed by atoms with Crippen LogP contribution in [0.3, 0.4) is 0 Å². The molecule has 4 heteroatoms. The van der Waals surface area contributed by atoms with Gasteiger partial charge in [-0.25, -0.2) is 9.97 Å². The fraction of sp³-hybridized carbons (Fsp3) is 0. The van der Waals surface area contributed by atoms with E-state index in [1.807, 2.05) is 6.07 Å². The summed E-state index contributed by atoms with van der Waals surface area (Å²) >= 11 is 0. The Morgan fingerprint density at radius 1 is 0.458 bits per heavy atom. The maximum absolute atomic E-state index is 6.20. The number of nitrogens with zero attached hydrogens (tertiary/aromatic N) is 3. The molecule has 3 heterocycles. The number of rotatable bonds is 4. The lowest BCUT2D eigenvalue weighted by Gasteiger charge is -2.11. The van der Waals surface area contributed by atoms with Crippen molar-refractivity contribution in [3.63, 3.8) is 0 Å². The maximum atomic E-state index is 6.20. The lowest BCUT2D eigenvalue weighted by molar-refractivity contribution is 0.666. The molecular weight excluding hydrogens is 587 g/mol. The van der Waals surface area contributed by atoms with Crippen molar-refractivity contribution in [3.05, 3.63) is 164 Å². The van der Waals surface area contributed by atoms with E-state index >= 15 is 0 Å². The summed E-state index contributed by atoms with van der Waals surface area (Å²) in [4.78, 5) is 9.83. The van der Waals surface area contributed by atoms with Gasteiger partial charge in [-0.15, -0.1) is 0 Å². The second-order valence-corrected chi connectivity index (χ2v) is 12.2. The topological polar surface area (TPSA) is 43.9 Å². The van der Waals surface area contributed by atoms with Crippen molar-refractivity contribution >= 4 is 54.6 Å². The van der Waals surface area contributed by atoms with Crippen molar-refractivity contribution < 1.29 is 4.42 Å². The number of aromatic nitrogens is 3. The third kappa shape index (κ3) is 4.16. The first-order valence-electron chi connectivity index (χ1n) is 16.2. The third-order valence-electron chi connectivity index (χ3n) is 9.45. The average Bonchev–Trinajstić information content (AvgIpc) is 3.70. The Morgan fingerprint density at radius 2 is 1.12 bits per heavy atom. The Kier molecular flexibility index (Phi) is 5.84. The van der Waals surface area contributed by atoms with E-state index in [4.69, 9.17) is 14.4 Å².